The number of anilines is 3. The highest BCUT2D eigenvalue weighted by Crippen LogP contribution is 2.27. The number of nitrogens with one attached hydrogen (secondary N) is 2. The maximum absolute atomic E-state index is 4.70. The molecule has 2 N–H and O–H groups in total. The third-order valence-electron chi connectivity index (χ3n) is 5.33. The summed E-state index contributed by atoms with van der Waals surface area (Å²) in [5.74, 6) is 0.754. The van der Waals surface area contributed by atoms with Gasteiger partial charge in [0.05, 0.1) is 11.9 Å². The predicted octanol–water partition coefficient (Wildman–Crippen LogP) is 3.86. The standard InChI is InChI=1S/C23H24N6/c1-17-4-2-5-18(14-17)21-16-26-22(23-25-10-13-29(21)23)27-19-6-3-7-20(15-19)28-11-8-24-9-12-28/h2-7,10,13-16,24H,8-9,11-12H2,1H3,(H,26,27). The van der Waals surface area contributed by atoms with E-state index in [4.69, 9.17) is 4.98 Å². The van der Waals surface area contributed by atoms with Gasteiger partial charge >= 0.3 is 0 Å². The molecule has 0 bridgehead atoms. The Hall–Kier alpha value is -3.38. The van der Waals surface area contributed by atoms with Crippen LogP contribution in [-0.4, -0.2) is 40.5 Å². The molecule has 4 aromatic rings. The Morgan fingerprint density at radius 2 is 1.86 bits per heavy atom. The van der Waals surface area contributed by atoms with Gasteiger partial charge < -0.3 is 15.5 Å². The smallest absolute Gasteiger partial charge is 0.180 e. The van der Waals surface area contributed by atoms with Crippen LogP contribution in [0.5, 0.6) is 0 Å². The van der Waals surface area contributed by atoms with Crippen LogP contribution in [0.1, 0.15) is 5.56 Å². The van der Waals surface area contributed by atoms with Crippen molar-refractivity contribution in [1.82, 2.24) is 19.7 Å². The van der Waals surface area contributed by atoms with E-state index in [9.17, 15) is 0 Å². The van der Waals surface area contributed by atoms with Gasteiger partial charge in [-0.3, -0.25) is 4.40 Å². The molecule has 2 aromatic heterocycles. The SMILES string of the molecule is Cc1cccc(-c2cnc(Nc3cccc(N4CCNCC4)c3)c3nccn23)c1. The molecule has 6 nitrogen and oxygen atoms in total. The van der Waals surface area contributed by atoms with Crippen molar-refractivity contribution in [2.45, 2.75) is 6.92 Å². The molecule has 2 aromatic carbocycles. The van der Waals surface area contributed by atoms with Gasteiger partial charge in [-0.2, -0.15) is 0 Å². The van der Waals surface area contributed by atoms with Crippen LogP contribution >= 0.6 is 0 Å². The molecule has 1 aliphatic heterocycles. The number of fused-ring (bicyclic) bond motifs is 1. The monoisotopic (exact) mass is 384 g/mol. The van der Waals surface area contributed by atoms with E-state index < -0.39 is 0 Å². The van der Waals surface area contributed by atoms with Gasteiger partial charge in [0.25, 0.3) is 0 Å². The van der Waals surface area contributed by atoms with Gasteiger partial charge in [-0.1, -0.05) is 29.8 Å². The summed E-state index contributed by atoms with van der Waals surface area (Å²) < 4.78 is 2.09. The number of hydrogen-bond acceptors (Lipinski definition) is 5. The van der Waals surface area contributed by atoms with Crippen LogP contribution in [0.2, 0.25) is 0 Å². The van der Waals surface area contributed by atoms with Crippen molar-refractivity contribution in [3.8, 4) is 11.3 Å². The summed E-state index contributed by atoms with van der Waals surface area (Å²) in [7, 11) is 0. The molecule has 146 valence electrons. The van der Waals surface area contributed by atoms with Crippen molar-refractivity contribution >= 4 is 22.8 Å². The first-order valence-corrected chi connectivity index (χ1v) is 10.00. The minimum atomic E-state index is 0.754. The number of nitrogens with zero attached hydrogens (tertiary/aromatic N) is 4. The lowest BCUT2D eigenvalue weighted by molar-refractivity contribution is 0.589. The number of rotatable bonds is 4. The molecule has 0 spiro atoms. The molecule has 0 atom stereocenters. The lowest BCUT2D eigenvalue weighted by atomic mass is 10.1. The second-order valence-electron chi connectivity index (χ2n) is 7.39. The number of hydrogen-bond donors (Lipinski definition) is 2. The van der Waals surface area contributed by atoms with Gasteiger partial charge in [-0.25, -0.2) is 9.97 Å². The van der Waals surface area contributed by atoms with E-state index in [0.717, 1.165) is 54.6 Å². The second-order valence-corrected chi connectivity index (χ2v) is 7.39. The molecule has 0 unspecified atom stereocenters. The number of imidazole rings is 1. The predicted molar refractivity (Wildman–Crippen MR) is 118 cm³/mol. The summed E-state index contributed by atoms with van der Waals surface area (Å²) in [5, 5.41) is 6.87. The lowest BCUT2D eigenvalue weighted by Gasteiger charge is -2.29. The topological polar surface area (TPSA) is 57.5 Å². The molecule has 5 rings (SSSR count). The highest BCUT2D eigenvalue weighted by molar-refractivity contribution is 5.75. The Kier molecular flexibility index (Phi) is 4.62. The fraction of sp³-hybridized carbons (Fsp3) is 0.217. The van der Waals surface area contributed by atoms with Gasteiger partial charge in [-0.05, 0) is 31.2 Å². The van der Waals surface area contributed by atoms with Gasteiger partial charge in [-0.15, -0.1) is 0 Å². The summed E-state index contributed by atoms with van der Waals surface area (Å²) in [6.07, 6.45) is 5.71. The highest BCUT2D eigenvalue weighted by Gasteiger charge is 2.13. The molecule has 6 heteroatoms. The molecular formula is C23H24N6. The normalized spacial score (nSPS) is 14.3. The van der Waals surface area contributed by atoms with Crippen molar-refractivity contribution < 1.29 is 0 Å². The van der Waals surface area contributed by atoms with E-state index >= 15 is 0 Å². The average molecular weight is 384 g/mol. The Morgan fingerprint density at radius 1 is 1.00 bits per heavy atom. The first kappa shape index (κ1) is 17.7. The maximum atomic E-state index is 4.70. The summed E-state index contributed by atoms with van der Waals surface area (Å²) in [5.41, 5.74) is 6.45. The van der Waals surface area contributed by atoms with E-state index in [0.29, 0.717) is 0 Å². The molecule has 0 radical (unpaired) electrons. The quantitative estimate of drug-likeness (QED) is 0.560. The molecule has 0 saturated carbocycles. The van der Waals surface area contributed by atoms with Crippen molar-refractivity contribution in [2.24, 2.45) is 0 Å². The van der Waals surface area contributed by atoms with Crippen molar-refractivity contribution in [1.29, 1.82) is 0 Å². The Morgan fingerprint density at radius 3 is 2.72 bits per heavy atom. The Balaban J connectivity index is 1.48. The van der Waals surface area contributed by atoms with Crippen LogP contribution in [-0.2, 0) is 0 Å². The van der Waals surface area contributed by atoms with Crippen LogP contribution in [0.15, 0.2) is 67.1 Å². The zero-order valence-corrected chi connectivity index (χ0v) is 16.5. The first-order chi connectivity index (χ1) is 14.3. The molecule has 1 aliphatic rings. The molecule has 29 heavy (non-hydrogen) atoms. The second kappa shape index (κ2) is 7.56. The maximum Gasteiger partial charge on any atom is 0.180 e. The average Bonchev–Trinajstić information content (AvgIpc) is 3.25. The van der Waals surface area contributed by atoms with E-state index in [2.05, 4.69) is 80.4 Å². The van der Waals surface area contributed by atoms with E-state index in [1.165, 1.54) is 11.3 Å². The van der Waals surface area contributed by atoms with E-state index in [-0.39, 0.29) is 0 Å². The summed E-state index contributed by atoms with van der Waals surface area (Å²) in [6.45, 7) is 6.20. The third-order valence-corrected chi connectivity index (χ3v) is 5.33. The van der Waals surface area contributed by atoms with Gasteiger partial charge in [0.2, 0.25) is 0 Å². The number of piperazine rings is 1. The Labute approximate surface area is 170 Å². The van der Waals surface area contributed by atoms with Crippen molar-refractivity contribution in [3.63, 3.8) is 0 Å². The minimum absolute atomic E-state index is 0.754. The molecule has 1 fully saturated rings. The van der Waals surface area contributed by atoms with Gasteiger partial charge in [0.1, 0.15) is 0 Å². The van der Waals surface area contributed by atoms with Crippen LogP contribution in [0, 0.1) is 6.92 Å². The highest BCUT2D eigenvalue weighted by atomic mass is 15.2. The molecule has 3 heterocycles. The van der Waals surface area contributed by atoms with E-state index in [1.54, 1.807) is 0 Å². The van der Waals surface area contributed by atoms with Crippen LogP contribution < -0.4 is 15.5 Å². The zero-order valence-electron chi connectivity index (χ0n) is 16.5. The van der Waals surface area contributed by atoms with Gasteiger partial charge in [0, 0.05) is 55.5 Å². The number of benzene rings is 2. The fourth-order valence-electron chi connectivity index (χ4n) is 3.86. The van der Waals surface area contributed by atoms with Crippen molar-refractivity contribution in [3.05, 3.63) is 72.7 Å². The van der Waals surface area contributed by atoms with Crippen molar-refractivity contribution in [2.75, 3.05) is 36.4 Å². The molecule has 1 saturated heterocycles. The van der Waals surface area contributed by atoms with Crippen LogP contribution in [0.3, 0.4) is 0 Å². The summed E-state index contributed by atoms with van der Waals surface area (Å²) in [4.78, 5) is 11.7. The third kappa shape index (κ3) is 3.54. The number of aromatic nitrogens is 3. The molecule has 0 amide bonds. The molecular weight excluding hydrogens is 360 g/mol. The molecule has 0 aliphatic carbocycles. The number of aryl methyl sites for hydroxylation is 1. The van der Waals surface area contributed by atoms with Gasteiger partial charge in [0.15, 0.2) is 11.5 Å². The van der Waals surface area contributed by atoms with E-state index in [1.807, 2.05) is 18.6 Å². The minimum Gasteiger partial charge on any atom is -0.369 e. The summed E-state index contributed by atoms with van der Waals surface area (Å²) >= 11 is 0. The Bertz CT molecular complexity index is 1140. The lowest BCUT2D eigenvalue weighted by Crippen LogP contribution is -2.43. The summed E-state index contributed by atoms with van der Waals surface area (Å²) in [6, 6.07) is 16.9. The fourth-order valence-corrected chi connectivity index (χ4v) is 3.86. The zero-order chi connectivity index (χ0) is 19.6. The first-order valence-electron chi connectivity index (χ1n) is 10.00. The largest absolute Gasteiger partial charge is 0.369 e. The van der Waals surface area contributed by atoms with Crippen LogP contribution in [0.4, 0.5) is 17.2 Å². The van der Waals surface area contributed by atoms with Crippen LogP contribution in [0.25, 0.3) is 16.9 Å².